The van der Waals surface area contributed by atoms with Crippen LogP contribution in [0.4, 0.5) is 0 Å². The predicted octanol–water partition coefficient (Wildman–Crippen LogP) is 11.1. The Kier molecular flexibility index (Phi) is 35.6. The molecule has 0 amide bonds. The van der Waals surface area contributed by atoms with E-state index in [4.69, 9.17) is 24.3 Å². The Morgan fingerprint density at radius 2 is 1.00 bits per heavy atom. The van der Waals surface area contributed by atoms with E-state index in [2.05, 4.69) is 26.0 Å². The zero-order valence-corrected chi connectivity index (χ0v) is 32.6. The van der Waals surface area contributed by atoms with Crippen molar-refractivity contribution in [3.05, 3.63) is 12.2 Å². The van der Waals surface area contributed by atoms with Gasteiger partial charge in [0.25, 0.3) is 0 Å². The Bertz CT molecular complexity index is 825. The molecule has 0 aliphatic heterocycles. The zero-order valence-electron chi connectivity index (χ0n) is 31.7. The third kappa shape index (κ3) is 36.3. The first-order valence-corrected chi connectivity index (χ1v) is 21.7. The van der Waals surface area contributed by atoms with Crippen molar-refractivity contribution in [3.8, 4) is 0 Å². The van der Waals surface area contributed by atoms with Crippen molar-refractivity contribution < 1.29 is 37.6 Å². The fourth-order valence-electron chi connectivity index (χ4n) is 5.63. The lowest BCUT2D eigenvalue weighted by Crippen LogP contribution is -2.29. The third-order valence-corrected chi connectivity index (χ3v) is 9.64. The summed E-state index contributed by atoms with van der Waals surface area (Å²) < 4.78 is 32.7. The average Bonchev–Trinajstić information content (AvgIpc) is 3.08. The van der Waals surface area contributed by atoms with E-state index in [1.165, 1.54) is 128 Å². The summed E-state index contributed by atoms with van der Waals surface area (Å²) in [6.45, 7) is 3.72. The maximum atomic E-state index is 12.5. The first-order valence-electron chi connectivity index (χ1n) is 20.2. The largest absolute Gasteiger partial charge is 0.472 e. The summed E-state index contributed by atoms with van der Waals surface area (Å²) in [4.78, 5) is 34.7. The van der Waals surface area contributed by atoms with Crippen LogP contribution in [0.1, 0.15) is 194 Å². The molecule has 0 bridgehead atoms. The first-order chi connectivity index (χ1) is 23.8. The van der Waals surface area contributed by atoms with E-state index in [0.717, 1.165) is 32.1 Å². The van der Waals surface area contributed by atoms with Gasteiger partial charge >= 0.3 is 19.8 Å². The summed E-state index contributed by atoms with van der Waals surface area (Å²) in [7, 11) is -4.36. The normalized spacial score (nSPS) is 13.5. The minimum Gasteiger partial charge on any atom is -0.462 e. The van der Waals surface area contributed by atoms with Crippen molar-refractivity contribution in [1.29, 1.82) is 0 Å². The number of hydrogen-bond donors (Lipinski definition) is 2. The highest BCUT2D eigenvalue weighted by atomic mass is 31.2. The van der Waals surface area contributed by atoms with Crippen LogP contribution in [-0.2, 0) is 32.7 Å². The van der Waals surface area contributed by atoms with Crippen molar-refractivity contribution >= 4 is 19.8 Å². The second-order valence-corrected chi connectivity index (χ2v) is 15.0. The summed E-state index contributed by atoms with van der Waals surface area (Å²) in [6.07, 6.45) is 35.2. The number of hydrogen-bond acceptors (Lipinski definition) is 8. The molecule has 0 aliphatic rings. The molecule has 0 radical (unpaired) electrons. The summed E-state index contributed by atoms with van der Waals surface area (Å²) >= 11 is 0. The molecular formula is C39H76NO8P. The van der Waals surface area contributed by atoms with Gasteiger partial charge in [-0.15, -0.1) is 0 Å². The average molecular weight is 718 g/mol. The first kappa shape index (κ1) is 47.8. The fraction of sp³-hybridized carbons (Fsp3) is 0.897. The Balaban J connectivity index is 4.13. The van der Waals surface area contributed by atoms with E-state index in [9.17, 15) is 19.0 Å². The van der Waals surface area contributed by atoms with Gasteiger partial charge in [-0.25, -0.2) is 4.57 Å². The number of nitrogens with two attached hydrogens (primary N) is 1. The van der Waals surface area contributed by atoms with Gasteiger partial charge < -0.3 is 20.1 Å². The van der Waals surface area contributed by atoms with Crippen LogP contribution < -0.4 is 5.73 Å². The highest BCUT2D eigenvalue weighted by Crippen LogP contribution is 2.43. The standard InChI is InChI=1S/C39H76NO8P/c1-3-5-7-9-11-13-15-16-17-18-19-20-22-23-25-27-29-31-38(41)45-35-37(36-47-49(43,44)46-34-33-40)48-39(42)32-30-28-26-24-21-14-12-10-8-6-4-2/h13,15,37H,3-12,14,16-36,40H2,1-2H3,(H,43,44)/b15-13+/t37-/m0/s1. The van der Waals surface area contributed by atoms with Crippen LogP contribution in [-0.4, -0.2) is 49.3 Å². The van der Waals surface area contributed by atoms with Crippen molar-refractivity contribution in [3.63, 3.8) is 0 Å². The fourth-order valence-corrected chi connectivity index (χ4v) is 6.39. The van der Waals surface area contributed by atoms with E-state index in [0.29, 0.717) is 6.42 Å². The Labute approximate surface area is 300 Å². The SMILES string of the molecule is CCCCCC/C=C/CCCCCCCCCCCC(=O)OC[C@@H](COP(=O)(O)OCCN)OC(=O)CCCCCCCCCCCCC. The second kappa shape index (κ2) is 36.5. The molecule has 0 aromatic rings. The molecule has 0 heterocycles. The molecule has 0 saturated heterocycles. The lowest BCUT2D eigenvalue weighted by Gasteiger charge is -2.19. The van der Waals surface area contributed by atoms with Crippen LogP contribution in [0, 0.1) is 0 Å². The van der Waals surface area contributed by atoms with Crippen molar-refractivity contribution in [1.82, 2.24) is 0 Å². The quantitative estimate of drug-likeness (QED) is 0.0277. The van der Waals surface area contributed by atoms with Gasteiger partial charge in [0.15, 0.2) is 6.10 Å². The smallest absolute Gasteiger partial charge is 0.462 e. The van der Waals surface area contributed by atoms with Gasteiger partial charge in [-0.05, 0) is 38.5 Å². The van der Waals surface area contributed by atoms with E-state index in [1.807, 2.05) is 0 Å². The number of esters is 2. The molecule has 0 aromatic carbocycles. The molecular weight excluding hydrogens is 641 g/mol. The molecule has 2 atom stereocenters. The molecule has 49 heavy (non-hydrogen) atoms. The van der Waals surface area contributed by atoms with Crippen molar-refractivity contribution in [2.75, 3.05) is 26.4 Å². The Morgan fingerprint density at radius 3 is 1.47 bits per heavy atom. The molecule has 0 spiro atoms. The minimum absolute atomic E-state index is 0.0559. The minimum atomic E-state index is -4.36. The van der Waals surface area contributed by atoms with Crippen LogP contribution >= 0.6 is 7.82 Å². The molecule has 0 rings (SSSR count). The lowest BCUT2D eigenvalue weighted by molar-refractivity contribution is -0.161. The van der Waals surface area contributed by atoms with Crippen LogP contribution in [0.5, 0.6) is 0 Å². The van der Waals surface area contributed by atoms with Gasteiger partial charge in [-0.3, -0.25) is 18.6 Å². The van der Waals surface area contributed by atoms with Gasteiger partial charge in [0, 0.05) is 19.4 Å². The molecule has 0 saturated carbocycles. The lowest BCUT2D eigenvalue weighted by atomic mass is 10.1. The van der Waals surface area contributed by atoms with E-state index in [1.54, 1.807) is 0 Å². The van der Waals surface area contributed by atoms with Crippen LogP contribution in [0.2, 0.25) is 0 Å². The molecule has 0 fully saturated rings. The zero-order chi connectivity index (χ0) is 36.1. The van der Waals surface area contributed by atoms with E-state index in [-0.39, 0.29) is 38.6 Å². The van der Waals surface area contributed by atoms with E-state index < -0.39 is 26.5 Å². The molecule has 1 unspecified atom stereocenters. The number of phosphoric ester groups is 1. The second-order valence-electron chi connectivity index (χ2n) is 13.5. The predicted molar refractivity (Wildman–Crippen MR) is 201 cm³/mol. The number of ether oxygens (including phenoxy) is 2. The number of rotatable bonds is 38. The number of unbranched alkanes of at least 4 members (excludes halogenated alkanes) is 23. The Morgan fingerprint density at radius 1 is 0.592 bits per heavy atom. The molecule has 0 aliphatic carbocycles. The van der Waals surface area contributed by atoms with Gasteiger partial charge in [-0.1, -0.05) is 154 Å². The highest BCUT2D eigenvalue weighted by molar-refractivity contribution is 7.47. The monoisotopic (exact) mass is 718 g/mol. The third-order valence-electron chi connectivity index (χ3n) is 8.65. The van der Waals surface area contributed by atoms with Crippen LogP contribution in [0.25, 0.3) is 0 Å². The van der Waals surface area contributed by atoms with Crippen molar-refractivity contribution in [2.45, 2.75) is 200 Å². The maximum absolute atomic E-state index is 12.5. The molecule has 9 nitrogen and oxygen atoms in total. The van der Waals surface area contributed by atoms with Gasteiger partial charge in [0.05, 0.1) is 13.2 Å². The molecule has 0 aromatic heterocycles. The number of phosphoric acid groups is 1. The topological polar surface area (TPSA) is 134 Å². The maximum Gasteiger partial charge on any atom is 0.472 e. The van der Waals surface area contributed by atoms with Crippen LogP contribution in [0.15, 0.2) is 12.2 Å². The number of carbonyl (C=O) groups is 2. The summed E-state index contributed by atoms with van der Waals surface area (Å²) in [6, 6.07) is 0. The summed E-state index contributed by atoms with van der Waals surface area (Å²) in [5, 5.41) is 0. The van der Waals surface area contributed by atoms with Crippen LogP contribution in [0.3, 0.4) is 0 Å². The summed E-state index contributed by atoms with van der Waals surface area (Å²) in [5.41, 5.74) is 5.33. The number of allylic oxidation sites excluding steroid dienone is 2. The Hall–Kier alpha value is -1.25. The van der Waals surface area contributed by atoms with E-state index >= 15 is 0 Å². The molecule has 290 valence electrons. The van der Waals surface area contributed by atoms with Gasteiger partial charge in [0.1, 0.15) is 6.61 Å². The molecule has 10 heteroatoms. The van der Waals surface area contributed by atoms with Gasteiger partial charge in [0.2, 0.25) is 0 Å². The highest BCUT2D eigenvalue weighted by Gasteiger charge is 2.26. The van der Waals surface area contributed by atoms with Crippen molar-refractivity contribution in [2.24, 2.45) is 5.73 Å². The summed E-state index contributed by atoms with van der Waals surface area (Å²) in [5.74, 6) is -0.825. The molecule has 3 N–H and O–H groups in total. The van der Waals surface area contributed by atoms with Gasteiger partial charge in [-0.2, -0.15) is 0 Å². The number of carbonyl (C=O) groups excluding carboxylic acids is 2.